The predicted molar refractivity (Wildman–Crippen MR) is 91.9 cm³/mol. The van der Waals surface area contributed by atoms with Gasteiger partial charge in [0.1, 0.15) is 12.8 Å². The van der Waals surface area contributed by atoms with Gasteiger partial charge >= 0.3 is 11.7 Å². The lowest BCUT2D eigenvalue weighted by Gasteiger charge is -2.16. The Kier molecular flexibility index (Phi) is 5.34. The van der Waals surface area contributed by atoms with Crippen molar-refractivity contribution in [3.63, 3.8) is 0 Å². The molecule has 0 unspecified atom stereocenters. The number of hydrogen-bond acceptors (Lipinski definition) is 6. The Morgan fingerprint density at radius 1 is 1.31 bits per heavy atom. The number of H-pyrrole nitrogens is 1. The quantitative estimate of drug-likeness (QED) is 0.766. The van der Waals surface area contributed by atoms with Crippen molar-refractivity contribution in [1.82, 2.24) is 9.55 Å². The maximum absolute atomic E-state index is 12.0. The number of aliphatic hydroxyl groups is 1. The molecule has 0 bridgehead atoms. The summed E-state index contributed by atoms with van der Waals surface area (Å²) in [5.41, 5.74) is 0.388. The summed E-state index contributed by atoms with van der Waals surface area (Å²) >= 11 is 0. The molecule has 0 amide bonds. The first-order valence-corrected chi connectivity index (χ1v) is 8.32. The number of benzene rings is 1. The number of aryl methyl sites for hydroxylation is 1. The molecule has 0 saturated carbocycles. The van der Waals surface area contributed by atoms with Crippen LogP contribution in [0.1, 0.15) is 40.6 Å². The molecule has 1 fully saturated rings. The average Bonchev–Trinajstić information content (AvgIpc) is 3.09. The lowest BCUT2D eigenvalue weighted by Crippen LogP contribution is -2.34. The second kappa shape index (κ2) is 7.67. The molecular formula is C18H20N2O6. The number of nitrogens with one attached hydrogen (secondary N) is 1. The third-order valence-electron chi connectivity index (χ3n) is 4.29. The largest absolute Gasteiger partial charge is 0.459 e. The van der Waals surface area contributed by atoms with Gasteiger partial charge in [-0.3, -0.25) is 14.3 Å². The Hall–Kier alpha value is -2.71. The Labute approximate surface area is 149 Å². The van der Waals surface area contributed by atoms with Crippen LogP contribution in [-0.2, 0) is 16.1 Å². The summed E-state index contributed by atoms with van der Waals surface area (Å²) < 4.78 is 12.3. The van der Waals surface area contributed by atoms with Crippen molar-refractivity contribution < 1.29 is 19.4 Å². The second-order valence-corrected chi connectivity index (χ2v) is 6.23. The molecule has 1 saturated heterocycles. The van der Waals surface area contributed by atoms with Crippen LogP contribution in [0.2, 0.25) is 0 Å². The lowest BCUT2D eigenvalue weighted by atomic mass is 10.1. The van der Waals surface area contributed by atoms with Crippen molar-refractivity contribution in [1.29, 1.82) is 0 Å². The van der Waals surface area contributed by atoms with Gasteiger partial charge in [0.2, 0.25) is 0 Å². The van der Waals surface area contributed by atoms with Gasteiger partial charge in [0.25, 0.3) is 5.56 Å². The summed E-state index contributed by atoms with van der Waals surface area (Å²) in [5, 5.41) is 9.17. The zero-order valence-corrected chi connectivity index (χ0v) is 14.3. The molecule has 2 heterocycles. The van der Waals surface area contributed by atoms with Crippen LogP contribution >= 0.6 is 0 Å². The SMILES string of the molecule is Cc1ccc(C(=O)OC[C@@H]2CC[C@H](n3cc(CO)c(=O)[nH]c3=O)O2)cc1. The molecule has 2 atom stereocenters. The van der Waals surface area contributed by atoms with E-state index in [9.17, 15) is 14.4 Å². The van der Waals surface area contributed by atoms with Crippen molar-refractivity contribution in [3.05, 3.63) is 68.0 Å². The van der Waals surface area contributed by atoms with Gasteiger partial charge in [0.05, 0.1) is 23.8 Å². The molecule has 0 spiro atoms. The number of ether oxygens (including phenoxy) is 2. The highest BCUT2D eigenvalue weighted by Crippen LogP contribution is 2.27. The van der Waals surface area contributed by atoms with E-state index < -0.39 is 30.1 Å². The standard InChI is InChI=1S/C18H20N2O6/c1-11-2-4-12(5-3-11)17(23)25-10-14-6-7-15(26-14)20-8-13(9-21)16(22)19-18(20)24/h2-5,8,14-15,21H,6-7,9-10H2,1H3,(H,19,22,24)/t14-,15+/m0/s1. The molecular weight excluding hydrogens is 340 g/mol. The van der Waals surface area contributed by atoms with Crippen molar-refractivity contribution >= 4 is 5.97 Å². The number of esters is 1. The van der Waals surface area contributed by atoms with E-state index in [2.05, 4.69) is 4.98 Å². The molecule has 1 aromatic heterocycles. The fourth-order valence-electron chi connectivity index (χ4n) is 2.81. The zero-order chi connectivity index (χ0) is 18.7. The van der Waals surface area contributed by atoms with Crippen molar-refractivity contribution in [2.45, 2.75) is 38.7 Å². The van der Waals surface area contributed by atoms with E-state index in [0.29, 0.717) is 18.4 Å². The topological polar surface area (TPSA) is 111 Å². The molecule has 0 radical (unpaired) electrons. The number of carbonyl (C=O) groups excluding carboxylic acids is 1. The highest BCUT2D eigenvalue weighted by molar-refractivity contribution is 5.89. The minimum absolute atomic E-state index is 0.0776. The van der Waals surface area contributed by atoms with Gasteiger partial charge in [-0.15, -0.1) is 0 Å². The summed E-state index contributed by atoms with van der Waals surface area (Å²) in [7, 11) is 0. The molecule has 2 N–H and O–H groups in total. The first-order valence-electron chi connectivity index (χ1n) is 8.32. The first kappa shape index (κ1) is 18.1. The molecule has 8 heteroatoms. The smallest absolute Gasteiger partial charge is 0.338 e. The average molecular weight is 360 g/mol. The van der Waals surface area contributed by atoms with Crippen LogP contribution in [0.15, 0.2) is 40.1 Å². The molecule has 0 aliphatic carbocycles. The first-order chi connectivity index (χ1) is 12.5. The second-order valence-electron chi connectivity index (χ2n) is 6.23. The molecule has 1 aliphatic rings. The minimum Gasteiger partial charge on any atom is -0.459 e. The number of rotatable bonds is 5. The minimum atomic E-state index is -0.615. The Balaban J connectivity index is 1.61. The number of aromatic nitrogens is 2. The van der Waals surface area contributed by atoms with Crippen molar-refractivity contribution in [2.75, 3.05) is 6.61 Å². The van der Waals surface area contributed by atoms with Crippen LogP contribution in [0.3, 0.4) is 0 Å². The van der Waals surface area contributed by atoms with E-state index in [0.717, 1.165) is 5.56 Å². The van der Waals surface area contributed by atoms with Crippen LogP contribution in [0, 0.1) is 6.92 Å². The third-order valence-corrected chi connectivity index (χ3v) is 4.29. The van der Waals surface area contributed by atoms with Gasteiger partial charge in [-0.05, 0) is 31.9 Å². The summed E-state index contributed by atoms with van der Waals surface area (Å²) in [6.45, 7) is 1.54. The van der Waals surface area contributed by atoms with Gasteiger partial charge in [0.15, 0.2) is 0 Å². The maximum Gasteiger partial charge on any atom is 0.338 e. The van der Waals surface area contributed by atoms with Crippen molar-refractivity contribution in [3.8, 4) is 0 Å². The van der Waals surface area contributed by atoms with E-state index in [1.165, 1.54) is 10.8 Å². The Morgan fingerprint density at radius 2 is 2.04 bits per heavy atom. The van der Waals surface area contributed by atoms with E-state index >= 15 is 0 Å². The van der Waals surface area contributed by atoms with Gasteiger partial charge in [0, 0.05) is 6.20 Å². The van der Waals surface area contributed by atoms with Crippen LogP contribution in [0.4, 0.5) is 0 Å². The Morgan fingerprint density at radius 3 is 2.73 bits per heavy atom. The Bertz CT molecular complexity index is 899. The number of aliphatic hydroxyl groups excluding tert-OH is 1. The van der Waals surface area contributed by atoms with E-state index in [1.807, 2.05) is 19.1 Å². The fourth-order valence-corrected chi connectivity index (χ4v) is 2.81. The summed E-state index contributed by atoms with van der Waals surface area (Å²) in [5.74, 6) is -0.430. The van der Waals surface area contributed by atoms with Gasteiger partial charge < -0.3 is 14.6 Å². The number of nitrogens with zero attached hydrogens (tertiary/aromatic N) is 1. The van der Waals surface area contributed by atoms with Crippen LogP contribution in [0.5, 0.6) is 0 Å². The van der Waals surface area contributed by atoms with Gasteiger partial charge in [-0.25, -0.2) is 9.59 Å². The number of carbonyl (C=O) groups is 1. The molecule has 26 heavy (non-hydrogen) atoms. The molecule has 2 aromatic rings. The van der Waals surface area contributed by atoms with Crippen LogP contribution in [0.25, 0.3) is 0 Å². The molecule has 1 aliphatic heterocycles. The van der Waals surface area contributed by atoms with Crippen LogP contribution in [-0.4, -0.2) is 33.3 Å². The normalized spacial score (nSPS) is 19.5. The maximum atomic E-state index is 12.0. The number of hydrogen-bond donors (Lipinski definition) is 2. The van der Waals surface area contributed by atoms with E-state index in [1.54, 1.807) is 12.1 Å². The molecule has 1 aromatic carbocycles. The monoisotopic (exact) mass is 360 g/mol. The highest BCUT2D eigenvalue weighted by atomic mass is 16.6. The van der Waals surface area contributed by atoms with Gasteiger partial charge in [-0.2, -0.15) is 0 Å². The summed E-state index contributed by atoms with van der Waals surface area (Å²) in [6.07, 6.45) is 1.51. The van der Waals surface area contributed by atoms with E-state index in [4.69, 9.17) is 14.6 Å². The zero-order valence-electron chi connectivity index (χ0n) is 14.3. The van der Waals surface area contributed by atoms with E-state index in [-0.39, 0.29) is 18.3 Å². The van der Waals surface area contributed by atoms with Crippen molar-refractivity contribution in [2.24, 2.45) is 0 Å². The number of aromatic amines is 1. The fraction of sp³-hybridized carbons (Fsp3) is 0.389. The molecule has 138 valence electrons. The predicted octanol–water partition coefficient (Wildman–Crippen LogP) is 0.872. The summed E-state index contributed by atoms with van der Waals surface area (Å²) in [6, 6.07) is 7.07. The van der Waals surface area contributed by atoms with Gasteiger partial charge in [-0.1, -0.05) is 17.7 Å². The van der Waals surface area contributed by atoms with Crippen LogP contribution < -0.4 is 11.2 Å². The molecule has 3 rings (SSSR count). The lowest BCUT2D eigenvalue weighted by molar-refractivity contribution is -0.0341. The molecule has 8 nitrogen and oxygen atoms in total. The third kappa shape index (κ3) is 3.92. The summed E-state index contributed by atoms with van der Waals surface area (Å²) in [4.78, 5) is 37.6. The highest BCUT2D eigenvalue weighted by Gasteiger charge is 2.28.